The summed E-state index contributed by atoms with van der Waals surface area (Å²) in [4.78, 5) is 52.7. The van der Waals surface area contributed by atoms with Crippen molar-refractivity contribution >= 4 is 23.1 Å². The minimum atomic E-state index is -2.64. The molecule has 8 heteroatoms. The predicted molar refractivity (Wildman–Crippen MR) is 174 cm³/mol. The lowest BCUT2D eigenvalue weighted by Gasteiger charge is -2.59. The van der Waals surface area contributed by atoms with Crippen LogP contribution in [0.2, 0.25) is 0 Å². The van der Waals surface area contributed by atoms with Crippen LogP contribution in [0.3, 0.4) is 0 Å². The average Bonchev–Trinajstić information content (AvgIpc) is 2.95. The number of fused-ring (bicyclic) bond motifs is 3. The lowest BCUT2D eigenvalue weighted by molar-refractivity contribution is -0.171. The summed E-state index contributed by atoms with van der Waals surface area (Å²) in [5, 5.41) is 46.4. The Morgan fingerprint density at radius 1 is 0.978 bits per heavy atom. The first-order valence-corrected chi connectivity index (χ1v) is 16.2. The second-order valence-corrected chi connectivity index (χ2v) is 14.3. The first kappa shape index (κ1) is 33.3. The number of aryl methyl sites for hydroxylation is 1. The molecule has 0 heterocycles. The Kier molecular flexibility index (Phi) is 8.43. The Bertz CT molecular complexity index is 1710. The van der Waals surface area contributed by atoms with Gasteiger partial charge in [0.05, 0.1) is 5.56 Å². The zero-order valence-electron chi connectivity index (χ0n) is 27.5. The molecule has 0 amide bonds. The van der Waals surface area contributed by atoms with Gasteiger partial charge in [-0.05, 0) is 73.3 Å². The molecule has 0 spiro atoms. The highest BCUT2D eigenvalue weighted by Crippen LogP contribution is 2.65. The van der Waals surface area contributed by atoms with Gasteiger partial charge in [-0.1, -0.05) is 65.0 Å². The van der Waals surface area contributed by atoms with Crippen LogP contribution in [0, 0.1) is 22.7 Å². The van der Waals surface area contributed by atoms with Crippen molar-refractivity contribution in [3.8, 4) is 16.9 Å². The van der Waals surface area contributed by atoms with Crippen LogP contribution in [-0.2, 0) is 27.2 Å². The van der Waals surface area contributed by atoms with Crippen molar-refractivity contribution in [1.82, 2.24) is 0 Å². The molecule has 0 bridgehead atoms. The molecule has 0 radical (unpaired) electrons. The van der Waals surface area contributed by atoms with E-state index in [2.05, 4.69) is 0 Å². The average molecular weight is 629 g/mol. The zero-order valence-corrected chi connectivity index (χ0v) is 27.5. The molecule has 5 rings (SSSR count). The molecule has 0 saturated heterocycles. The molecular formula is C38H44O8. The Hall–Kier alpha value is -4.04. The van der Waals surface area contributed by atoms with Gasteiger partial charge in [-0.25, -0.2) is 0 Å². The summed E-state index contributed by atoms with van der Waals surface area (Å²) < 4.78 is 0. The van der Waals surface area contributed by atoms with E-state index < -0.39 is 56.8 Å². The molecule has 4 N–H and O–H groups in total. The molecule has 4 atom stereocenters. The number of aliphatic hydroxyl groups excluding tert-OH is 2. The van der Waals surface area contributed by atoms with E-state index in [1.165, 1.54) is 6.07 Å². The Balaban J connectivity index is 1.61. The Morgan fingerprint density at radius 2 is 1.63 bits per heavy atom. The third-order valence-electron chi connectivity index (χ3n) is 10.6. The summed E-state index contributed by atoms with van der Waals surface area (Å²) >= 11 is 0. The van der Waals surface area contributed by atoms with E-state index in [9.17, 15) is 39.6 Å². The smallest absolute Gasteiger partial charge is 0.209 e. The fraction of sp³-hybridized carbons (Fsp3) is 0.474. The Labute approximate surface area is 269 Å². The third-order valence-corrected chi connectivity index (χ3v) is 10.6. The number of carbonyl (C=O) groups is 4. The lowest BCUT2D eigenvalue weighted by Crippen LogP contribution is -2.67. The summed E-state index contributed by atoms with van der Waals surface area (Å²) in [5.41, 5.74) is -2.71. The van der Waals surface area contributed by atoms with Crippen LogP contribution in [0.5, 0.6) is 5.75 Å². The zero-order chi connectivity index (χ0) is 33.9. The van der Waals surface area contributed by atoms with E-state index in [0.29, 0.717) is 18.4 Å². The molecule has 3 aliphatic rings. The maximum atomic E-state index is 14.3. The number of ketones is 4. The van der Waals surface area contributed by atoms with Gasteiger partial charge in [-0.2, -0.15) is 0 Å². The highest BCUT2D eigenvalue weighted by Gasteiger charge is 2.71. The highest BCUT2D eigenvalue weighted by molar-refractivity contribution is 6.25. The quantitative estimate of drug-likeness (QED) is 0.224. The molecule has 244 valence electrons. The first-order chi connectivity index (χ1) is 21.5. The van der Waals surface area contributed by atoms with Crippen LogP contribution in [0.4, 0.5) is 0 Å². The number of allylic oxidation sites excluding steroid dienone is 2. The molecular weight excluding hydrogens is 584 g/mol. The fourth-order valence-corrected chi connectivity index (χ4v) is 8.75. The number of benzene rings is 2. The molecule has 2 aromatic rings. The van der Waals surface area contributed by atoms with Gasteiger partial charge in [0.1, 0.15) is 28.6 Å². The highest BCUT2D eigenvalue weighted by atomic mass is 16.3. The summed E-state index contributed by atoms with van der Waals surface area (Å²) in [7, 11) is 0. The largest absolute Gasteiger partial charge is 0.511 e. The molecule has 3 aliphatic carbocycles. The summed E-state index contributed by atoms with van der Waals surface area (Å²) in [6.45, 7) is 10.1. The minimum Gasteiger partial charge on any atom is -0.511 e. The van der Waals surface area contributed by atoms with Crippen LogP contribution in [-0.4, -0.2) is 49.2 Å². The van der Waals surface area contributed by atoms with Crippen molar-refractivity contribution < 1.29 is 39.6 Å². The maximum Gasteiger partial charge on any atom is 0.209 e. The third kappa shape index (κ3) is 4.84. The van der Waals surface area contributed by atoms with Crippen molar-refractivity contribution in [2.45, 2.75) is 92.1 Å². The molecule has 1 unspecified atom stereocenters. The van der Waals surface area contributed by atoms with Crippen molar-refractivity contribution in [3.63, 3.8) is 0 Å². The number of carbonyl (C=O) groups excluding carboxylic acids is 4. The van der Waals surface area contributed by atoms with E-state index in [0.717, 1.165) is 42.9 Å². The molecule has 0 fully saturated rings. The number of rotatable bonds is 9. The van der Waals surface area contributed by atoms with Crippen molar-refractivity contribution in [1.29, 1.82) is 0 Å². The van der Waals surface area contributed by atoms with E-state index in [4.69, 9.17) is 0 Å². The minimum absolute atomic E-state index is 0.00362. The van der Waals surface area contributed by atoms with Gasteiger partial charge in [0.25, 0.3) is 0 Å². The number of aliphatic hydroxyl groups is 3. The number of hydrogen-bond donors (Lipinski definition) is 4. The molecule has 2 aromatic carbocycles. The standard InChI is InChI=1S/C38H44O8/c1-7-9-24(40)11-8-10-22-12-14-23(15-13-22)25-16-17-27(41)29-26(25)18-36(5)19-37(6)30(20(2)3)32(42)28(21(4)39)34(44)38(37,46)35(45)31(36)33(29)43/h12-17,20,30,41-42,45-46H,7-11,18-19H2,1-6H3/t30?,36-,37-,38+/m1/s1. The molecule has 8 nitrogen and oxygen atoms in total. The number of hydrogen-bond acceptors (Lipinski definition) is 8. The fourth-order valence-electron chi connectivity index (χ4n) is 8.75. The van der Waals surface area contributed by atoms with Gasteiger partial charge in [-0.15, -0.1) is 0 Å². The predicted octanol–water partition coefficient (Wildman–Crippen LogP) is 6.71. The topological polar surface area (TPSA) is 149 Å². The maximum absolute atomic E-state index is 14.3. The van der Waals surface area contributed by atoms with Crippen molar-refractivity contribution in [2.75, 3.05) is 0 Å². The second kappa shape index (κ2) is 11.6. The number of phenols is 1. The van der Waals surface area contributed by atoms with Crippen LogP contribution in [0.15, 0.2) is 59.1 Å². The summed E-state index contributed by atoms with van der Waals surface area (Å²) in [6, 6.07) is 11.1. The molecule has 46 heavy (non-hydrogen) atoms. The van der Waals surface area contributed by atoms with E-state index in [-0.39, 0.29) is 41.4 Å². The van der Waals surface area contributed by atoms with Crippen molar-refractivity contribution in [3.05, 3.63) is 75.8 Å². The van der Waals surface area contributed by atoms with Crippen LogP contribution in [0.1, 0.15) is 95.1 Å². The number of Topliss-reactive ketones (excluding diaryl/α,β-unsaturated/α-hetero) is 4. The summed E-state index contributed by atoms with van der Waals surface area (Å²) in [5.74, 6) is -5.03. The van der Waals surface area contributed by atoms with E-state index in [1.807, 2.05) is 45.0 Å². The van der Waals surface area contributed by atoms with Crippen LogP contribution < -0.4 is 0 Å². The SMILES string of the molecule is CCCC(=O)CCCc1ccc(-c2ccc(O)c3c2C[C@]2(C)C[C@]4(C)C(C(C)C)C(O)=C(C(C)=O)C(=O)[C@]4(O)C(O)=C2C3=O)cc1. The van der Waals surface area contributed by atoms with Gasteiger partial charge in [0, 0.05) is 35.2 Å². The lowest BCUT2D eigenvalue weighted by atomic mass is 9.44. The van der Waals surface area contributed by atoms with Gasteiger partial charge >= 0.3 is 0 Å². The van der Waals surface area contributed by atoms with Crippen LogP contribution >= 0.6 is 0 Å². The van der Waals surface area contributed by atoms with Gasteiger partial charge in [0.2, 0.25) is 5.78 Å². The Morgan fingerprint density at radius 3 is 2.22 bits per heavy atom. The normalized spacial score (nSPS) is 27.4. The van der Waals surface area contributed by atoms with Crippen molar-refractivity contribution in [2.24, 2.45) is 22.7 Å². The summed E-state index contributed by atoms with van der Waals surface area (Å²) in [6.07, 6.45) is 3.76. The monoisotopic (exact) mass is 628 g/mol. The van der Waals surface area contributed by atoms with Gasteiger partial charge in [-0.3, -0.25) is 19.2 Å². The van der Waals surface area contributed by atoms with E-state index >= 15 is 0 Å². The molecule has 0 aromatic heterocycles. The molecule has 0 aliphatic heterocycles. The van der Waals surface area contributed by atoms with Gasteiger partial charge in [0.15, 0.2) is 17.2 Å². The first-order valence-electron chi connectivity index (χ1n) is 16.2. The van der Waals surface area contributed by atoms with E-state index in [1.54, 1.807) is 19.9 Å². The number of phenolic OH excluding ortho intramolecular Hbond substituents is 1. The number of aromatic hydroxyl groups is 1. The second-order valence-electron chi connectivity index (χ2n) is 14.3. The van der Waals surface area contributed by atoms with Gasteiger partial charge < -0.3 is 20.4 Å². The van der Waals surface area contributed by atoms with Crippen LogP contribution in [0.25, 0.3) is 11.1 Å². The molecule has 0 saturated carbocycles.